The fraction of sp³-hybridized carbons (Fsp3) is 1.00. The fourth-order valence-corrected chi connectivity index (χ4v) is 3.00. The van der Waals surface area contributed by atoms with Crippen LogP contribution in [0.1, 0.15) is 59.8 Å². The van der Waals surface area contributed by atoms with Crippen molar-refractivity contribution in [1.82, 2.24) is 10.2 Å². The van der Waals surface area contributed by atoms with Crippen LogP contribution in [0.5, 0.6) is 0 Å². The Balaban J connectivity index is 2.25. The van der Waals surface area contributed by atoms with E-state index in [2.05, 4.69) is 37.9 Å². The summed E-state index contributed by atoms with van der Waals surface area (Å²) in [4.78, 5) is 2.69. The summed E-state index contributed by atoms with van der Waals surface area (Å²) < 4.78 is 0. The molecule has 1 heterocycles. The largest absolute Gasteiger partial charge is 0.314 e. The summed E-state index contributed by atoms with van der Waals surface area (Å²) in [7, 11) is 0. The molecule has 2 unspecified atom stereocenters. The number of nitrogens with zero attached hydrogens (tertiary/aromatic N) is 1. The number of hydrogen-bond donors (Lipinski definition) is 1. The number of hydrogen-bond acceptors (Lipinski definition) is 2. The second-order valence-electron chi connectivity index (χ2n) is 5.75. The minimum absolute atomic E-state index is 0.707. The van der Waals surface area contributed by atoms with Gasteiger partial charge in [0.15, 0.2) is 0 Å². The first kappa shape index (κ1) is 15.0. The zero-order valence-corrected chi connectivity index (χ0v) is 12.3. The van der Waals surface area contributed by atoms with E-state index in [9.17, 15) is 0 Å². The Morgan fingerprint density at radius 3 is 2.29 bits per heavy atom. The quantitative estimate of drug-likeness (QED) is 0.735. The third-order valence-corrected chi connectivity index (χ3v) is 4.33. The lowest BCUT2D eigenvalue weighted by Crippen LogP contribution is -2.45. The number of rotatable bonds is 7. The van der Waals surface area contributed by atoms with E-state index in [0.29, 0.717) is 6.04 Å². The molecule has 0 amide bonds. The van der Waals surface area contributed by atoms with E-state index in [4.69, 9.17) is 0 Å². The van der Waals surface area contributed by atoms with Crippen LogP contribution in [0.25, 0.3) is 0 Å². The monoisotopic (exact) mass is 240 g/mol. The van der Waals surface area contributed by atoms with Gasteiger partial charge in [0, 0.05) is 12.1 Å². The maximum absolute atomic E-state index is 3.65. The van der Waals surface area contributed by atoms with Crippen molar-refractivity contribution in [2.45, 2.75) is 71.9 Å². The molecular weight excluding hydrogens is 208 g/mol. The van der Waals surface area contributed by atoms with Crippen LogP contribution in [0.3, 0.4) is 0 Å². The number of nitrogens with one attached hydrogen (secondary N) is 1. The van der Waals surface area contributed by atoms with Gasteiger partial charge in [0.25, 0.3) is 0 Å². The van der Waals surface area contributed by atoms with Gasteiger partial charge in [-0.15, -0.1) is 0 Å². The smallest absolute Gasteiger partial charge is 0.00679 e. The van der Waals surface area contributed by atoms with Crippen LogP contribution in [0, 0.1) is 5.92 Å². The summed E-state index contributed by atoms with van der Waals surface area (Å²) >= 11 is 0. The molecule has 1 aliphatic heterocycles. The molecule has 17 heavy (non-hydrogen) atoms. The van der Waals surface area contributed by atoms with Gasteiger partial charge in [-0.1, -0.05) is 20.3 Å². The number of piperidine rings is 1. The van der Waals surface area contributed by atoms with Crippen LogP contribution in [0.15, 0.2) is 0 Å². The summed E-state index contributed by atoms with van der Waals surface area (Å²) in [6.45, 7) is 13.1. The van der Waals surface area contributed by atoms with Crippen molar-refractivity contribution in [3.8, 4) is 0 Å². The minimum atomic E-state index is 0.707. The standard InChI is InChI=1S/C15H32N2/c1-5-7-13(3)17-11-8-15(9-12-17)14(4)16-10-6-2/h13-16H,5-12H2,1-4H3. The minimum Gasteiger partial charge on any atom is -0.314 e. The van der Waals surface area contributed by atoms with Gasteiger partial charge < -0.3 is 10.2 Å². The molecule has 0 aromatic carbocycles. The van der Waals surface area contributed by atoms with Gasteiger partial charge in [-0.3, -0.25) is 0 Å². The average molecular weight is 240 g/mol. The van der Waals surface area contributed by atoms with Crippen molar-refractivity contribution in [1.29, 1.82) is 0 Å². The molecule has 2 nitrogen and oxygen atoms in total. The van der Waals surface area contributed by atoms with Gasteiger partial charge >= 0.3 is 0 Å². The third-order valence-electron chi connectivity index (χ3n) is 4.33. The lowest BCUT2D eigenvalue weighted by atomic mass is 9.89. The Morgan fingerprint density at radius 1 is 1.12 bits per heavy atom. The molecule has 0 spiro atoms. The van der Waals surface area contributed by atoms with Crippen LogP contribution in [0.2, 0.25) is 0 Å². The van der Waals surface area contributed by atoms with Crippen LogP contribution in [0.4, 0.5) is 0 Å². The second kappa shape index (κ2) is 8.10. The highest BCUT2D eigenvalue weighted by molar-refractivity contribution is 4.81. The van der Waals surface area contributed by atoms with Crippen molar-refractivity contribution in [2.75, 3.05) is 19.6 Å². The normalized spacial score (nSPS) is 22.6. The molecule has 1 N–H and O–H groups in total. The Labute approximate surface area is 108 Å². The molecule has 0 aromatic rings. The zero-order valence-electron chi connectivity index (χ0n) is 12.3. The summed E-state index contributed by atoms with van der Waals surface area (Å²) in [5, 5.41) is 3.65. The van der Waals surface area contributed by atoms with E-state index in [1.807, 2.05) is 0 Å². The topological polar surface area (TPSA) is 15.3 Å². The molecule has 0 radical (unpaired) electrons. The second-order valence-corrected chi connectivity index (χ2v) is 5.75. The first-order valence-electron chi connectivity index (χ1n) is 7.66. The van der Waals surface area contributed by atoms with Crippen molar-refractivity contribution in [2.24, 2.45) is 5.92 Å². The third kappa shape index (κ3) is 4.97. The van der Waals surface area contributed by atoms with Gasteiger partial charge in [-0.05, 0) is 65.1 Å². The highest BCUT2D eigenvalue weighted by atomic mass is 15.2. The predicted molar refractivity (Wildman–Crippen MR) is 76.4 cm³/mol. The van der Waals surface area contributed by atoms with Gasteiger partial charge in [0.1, 0.15) is 0 Å². The molecular formula is C15H32N2. The SMILES string of the molecule is CCCNC(C)C1CCN(C(C)CCC)CC1. The molecule has 1 saturated heterocycles. The summed E-state index contributed by atoms with van der Waals surface area (Å²) in [6.07, 6.45) is 6.68. The van der Waals surface area contributed by atoms with Crippen molar-refractivity contribution in [3.05, 3.63) is 0 Å². The zero-order chi connectivity index (χ0) is 12.7. The molecule has 0 saturated carbocycles. The van der Waals surface area contributed by atoms with Crippen molar-refractivity contribution >= 4 is 0 Å². The summed E-state index contributed by atoms with van der Waals surface area (Å²) in [5.41, 5.74) is 0. The molecule has 1 aliphatic rings. The predicted octanol–water partition coefficient (Wildman–Crippen LogP) is 3.28. The fourth-order valence-electron chi connectivity index (χ4n) is 3.00. The van der Waals surface area contributed by atoms with Crippen LogP contribution >= 0.6 is 0 Å². The van der Waals surface area contributed by atoms with Gasteiger partial charge in [0.2, 0.25) is 0 Å². The summed E-state index contributed by atoms with van der Waals surface area (Å²) in [5.74, 6) is 0.895. The van der Waals surface area contributed by atoms with E-state index in [1.165, 1.54) is 51.7 Å². The first-order chi connectivity index (χ1) is 8.19. The maximum atomic E-state index is 3.65. The maximum Gasteiger partial charge on any atom is 0.00679 e. The molecule has 0 aliphatic carbocycles. The molecule has 1 fully saturated rings. The highest BCUT2D eigenvalue weighted by Crippen LogP contribution is 2.23. The van der Waals surface area contributed by atoms with E-state index in [1.54, 1.807) is 0 Å². The molecule has 0 aromatic heterocycles. The summed E-state index contributed by atoms with van der Waals surface area (Å²) in [6, 6.07) is 1.50. The Bertz CT molecular complexity index is 185. The lowest BCUT2D eigenvalue weighted by molar-refractivity contribution is 0.121. The van der Waals surface area contributed by atoms with E-state index in [0.717, 1.165) is 12.0 Å². The molecule has 102 valence electrons. The lowest BCUT2D eigenvalue weighted by Gasteiger charge is -2.38. The van der Waals surface area contributed by atoms with Gasteiger partial charge in [-0.2, -0.15) is 0 Å². The van der Waals surface area contributed by atoms with Crippen molar-refractivity contribution in [3.63, 3.8) is 0 Å². The van der Waals surface area contributed by atoms with Crippen LogP contribution in [-0.4, -0.2) is 36.6 Å². The first-order valence-corrected chi connectivity index (χ1v) is 7.66. The van der Waals surface area contributed by atoms with E-state index in [-0.39, 0.29) is 0 Å². The number of likely N-dealkylation sites (tertiary alicyclic amines) is 1. The molecule has 0 bridgehead atoms. The van der Waals surface area contributed by atoms with Crippen LogP contribution < -0.4 is 5.32 Å². The molecule has 2 atom stereocenters. The van der Waals surface area contributed by atoms with Crippen LogP contribution in [-0.2, 0) is 0 Å². The van der Waals surface area contributed by atoms with Gasteiger partial charge in [0.05, 0.1) is 0 Å². The molecule has 2 heteroatoms. The van der Waals surface area contributed by atoms with Gasteiger partial charge in [-0.25, -0.2) is 0 Å². The van der Waals surface area contributed by atoms with E-state index >= 15 is 0 Å². The average Bonchev–Trinajstić information content (AvgIpc) is 2.36. The van der Waals surface area contributed by atoms with Crippen molar-refractivity contribution < 1.29 is 0 Å². The Hall–Kier alpha value is -0.0800. The highest BCUT2D eigenvalue weighted by Gasteiger charge is 2.25. The van der Waals surface area contributed by atoms with E-state index < -0.39 is 0 Å². The Kier molecular flexibility index (Phi) is 7.14. The molecule has 1 rings (SSSR count). The Morgan fingerprint density at radius 2 is 1.76 bits per heavy atom.